The van der Waals surface area contributed by atoms with Crippen LogP contribution in [0.3, 0.4) is 0 Å². The second-order valence-electron chi connectivity index (χ2n) is 4.13. The zero-order chi connectivity index (χ0) is 13.1. The highest BCUT2D eigenvalue weighted by Gasteiger charge is 2.23. The van der Waals surface area contributed by atoms with Crippen LogP contribution in [0.25, 0.3) is 6.08 Å². The lowest BCUT2D eigenvalue weighted by Crippen LogP contribution is -2.13. The van der Waals surface area contributed by atoms with Crippen LogP contribution in [-0.2, 0) is 4.74 Å². The lowest BCUT2D eigenvalue weighted by molar-refractivity contribution is 0.0981. The van der Waals surface area contributed by atoms with E-state index in [1.807, 2.05) is 12.1 Å². The Hall–Kier alpha value is -1.81. The molecule has 0 aliphatic heterocycles. The summed E-state index contributed by atoms with van der Waals surface area (Å²) < 4.78 is 15.5. The molecule has 2 rings (SSSR count). The van der Waals surface area contributed by atoms with Crippen molar-refractivity contribution in [1.82, 2.24) is 0 Å². The maximum absolute atomic E-state index is 12.1. The van der Waals surface area contributed by atoms with Crippen molar-refractivity contribution in [2.75, 3.05) is 27.9 Å². The molecule has 4 nitrogen and oxygen atoms in total. The van der Waals surface area contributed by atoms with Crippen molar-refractivity contribution < 1.29 is 19.0 Å². The van der Waals surface area contributed by atoms with Gasteiger partial charge in [0.2, 0.25) is 0 Å². The molecular weight excluding hydrogens is 232 g/mol. The standard InChI is InChI=1S/C14H16O4/c1-16-8-9-4-10-6-11(17-2)7-13(18-3)14(10)12(15)5-9/h4,6-7H,5,8H2,1-3H3. The van der Waals surface area contributed by atoms with Gasteiger partial charge in [-0.15, -0.1) is 0 Å². The monoisotopic (exact) mass is 248 g/mol. The average molecular weight is 248 g/mol. The minimum absolute atomic E-state index is 0.0547. The molecule has 0 amide bonds. The van der Waals surface area contributed by atoms with E-state index in [9.17, 15) is 4.79 Å². The molecule has 0 bridgehead atoms. The molecule has 0 heterocycles. The molecule has 1 aliphatic rings. The van der Waals surface area contributed by atoms with Gasteiger partial charge in [-0.05, 0) is 17.2 Å². The zero-order valence-corrected chi connectivity index (χ0v) is 10.8. The summed E-state index contributed by atoms with van der Waals surface area (Å²) in [4.78, 5) is 12.1. The first-order chi connectivity index (χ1) is 8.69. The first-order valence-corrected chi connectivity index (χ1v) is 5.67. The van der Waals surface area contributed by atoms with E-state index in [4.69, 9.17) is 14.2 Å². The van der Waals surface area contributed by atoms with Crippen molar-refractivity contribution in [1.29, 1.82) is 0 Å². The fraction of sp³-hybridized carbons (Fsp3) is 0.357. The quantitative estimate of drug-likeness (QED) is 0.820. The molecule has 0 radical (unpaired) electrons. The van der Waals surface area contributed by atoms with Crippen molar-refractivity contribution in [3.8, 4) is 11.5 Å². The summed E-state index contributed by atoms with van der Waals surface area (Å²) in [6.45, 7) is 0.463. The van der Waals surface area contributed by atoms with E-state index in [1.165, 1.54) is 0 Å². The van der Waals surface area contributed by atoms with Crippen molar-refractivity contribution in [2.24, 2.45) is 0 Å². The van der Waals surface area contributed by atoms with Crippen molar-refractivity contribution in [2.45, 2.75) is 6.42 Å². The predicted octanol–water partition coefficient (Wildman–Crippen LogP) is 2.32. The fourth-order valence-corrected chi connectivity index (χ4v) is 2.15. The Balaban J connectivity index is 2.54. The minimum atomic E-state index is 0.0547. The van der Waals surface area contributed by atoms with Gasteiger partial charge < -0.3 is 14.2 Å². The molecule has 0 unspecified atom stereocenters. The van der Waals surface area contributed by atoms with Gasteiger partial charge in [0, 0.05) is 19.6 Å². The Bertz CT molecular complexity index is 503. The van der Waals surface area contributed by atoms with Gasteiger partial charge in [-0.25, -0.2) is 0 Å². The molecule has 0 N–H and O–H groups in total. The Kier molecular flexibility index (Phi) is 3.67. The van der Waals surface area contributed by atoms with Crippen LogP contribution in [0.5, 0.6) is 11.5 Å². The third-order valence-electron chi connectivity index (χ3n) is 2.92. The molecule has 1 aliphatic carbocycles. The maximum atomic E-state index is 12.1. The summed E-state index contributed by atoms with van der Waals surface area (Å²) >= 11 is 0. The molecule has 96 valence electrons. The van der Waals surface area contributed by atoms with Crippen LogP contribution in [0.1, 0.15) is 22.3 Å². The van der Waals surface area contributed by atoms with Crippen LogP contribution in [0.2, 0.25) is 0 Å². The molecule has 0 saturated carbocycles. The molecular formula is C14H16O4. The summed E-state index contributed by atoms with van der Waals surface area (Å²) in [5, 5.41) is 0. The van der Waals surface area contributed by atoms with Gasteiger partial charge in [0.25, 0.3) is 0 Å². The molecule has 0 aromatic heterocycles. The highest BCUT2D eigenvalue weighted by atomic mass is 16.5. The lowest BCUT2D eigenvalue weighted by atomic mass is 9.90. The number of fused-ring (bicyclic) bond motifs is 1. The number of carbonyl (C=O) groups excluding carboxylic acids is 1. The molecule has 1 aromatic rings. The number of hydrogen-bond acceptors (Lipinski definition) is 4. The van der Waals surface area contributed by atoms with Gasteiger partial charge in [-0.1, -0.05) is 6.08 Å². The summed E-state index contributed by atoms with van der Waals surface area (Å²) in [5.74, 6) is 1.29. The molecule has 0 fully saturated rings. The first-order valence-electron chi connectivity index (χ1n) is 5.67. The minimum Gasteiger partial charge on any atom is -0.497 e. The van der Waals surface area contributed by atoms with Crippen LogP contribution in [-0.4, -0.2) is 33.7 Å². The van der Waals surface area contributed by atoms with Crippen LogP contribution in [0.4, 0.5) is 0 Å². The van der Waals surface area contributed by atoms with Gasteiger partial charge in [0.05, 0.1) is 26.4 Å². The number of carbonyl (C=O) groups is 1. The number of hydrogen-bond donors (Lipinski definition) is 0. The number of benzene rings is 1. The fourth-order valence-electron chi connectivity index (χ4n) is 2.15. The van der Waals surface area contributed by atoms with E-state index in [1.54, 1.807) is 27.4 Å². The van der Waals surface area contributed by atoms with Crippen molar-refractivity contribution >= 4 is 11.9 Å². The smallest absolute Gasteiger partial charge is 0.171 e. The van der Waals surface area contributed by atoms with E-state index < -0.39 is 0 Å². The van der Waals surface area contributed by atoms with Gasteiger partial charge in [-0.2, -0.15) is 0 Å². The van der Waals surface area contributed by atoms with E-state index in [0.717, 1.165) is 11.1 Å². The SMILES string of the molecule is COCC1=Cc2cc(OC)cc(OC)c2C(=O)C1. The number of ether oxygens (including phenoxy) is 3. The molecule has 4 heteroatoms. The summed E-state index contributed by atoms with van der Waals surface area (Å²) in [6, 6.07) is 3.57. The zero-order valence-electron chi connectivity index (χ0n) is 10.8. The van der Waals surface area contributed by atoms with Crippen LogP contribution >= 0.6 is 0 Å². The number of Topliss-reactive ketones (excluding diaryl/α,β-unsaturated/α-hetero) is 1. The maximum Gasteiger partial charge on any atom is 0.171 e. The second-order valence-corrected chi connectivity index (χ2v) is 4.13. The van der Waals surface area contributed by atoms with Crippen molar-refractivity contribution in [3.63, 3.8) is 0 Å². The summed E-state index contributed by atoms with van der Waals surface area (Å²) in [5.41, 5.74) is 2.41. The first kappa shape index (κ1) is 12.6. The molecule has 18 heavy (non-hydrogen) atoms. The van der Waals surface area contributed by atoms with E-state index in [2.05, 4.69) is 0 Å². The predicted molar refractivity (Wildman–Crippen MR) is 68.3 cm³/mol. The highest BCUT2D eigenvalue weighted by Crippen LogP contribution is 2.35. The van der Waals surface area contributed by atoms with Crippen LogP contribution in [0.15, 0.2) is 17.7 Å². The molecule has 1 aromatic carbocycles. The third-order valence-corrected chi connectivity index (χ3v) is 2.92. The molecule has 0 spiro atoms. The largest absolute Gasteiger partial charge is 0.497 e. The Morgan fingerprint density at radius 3 is 2.56 bits per heavy atom. The molecule has 0 atom stereocenters. The summed E-state index contributed by atoms with van der Waals surface area (Å²) in [7, 11) is 4.76. The van der Waals surface area contributed by atoms with E-state index in [-0.39, 0.29) is 5.78 Å². The number of ketones is 1. The van der Waals surface area contributed by atoms with Crippen LogP contribution < -0.4 is 9.47 Å². The highest BCUT2D eigenvalue weighted by molar-refractivity contribution is 6.06. The van der Waals surface area contributed by atoms with Gasteiger partial charge in [0.15, 0.2) is 5.78 Å². The normalized spacial score (nSPS) is 13.9. The molecule has 0 saturated heterocycles. The van der Waals surface area contributed by atoms with Crippen LogP contribution in [0, 0.1) is 0 Å². The van der Waals surface area contributed by atoms with Crippen molar-refractivity contribution in [3.05, 3.63) is 28.8 Å². The Morgan fingerprint density at radius 1 is 1.17 bits per heavy atom. The Labute approximate surface area is 106 Å². The van der Waals surface area contributed by atoms with Gasteiger partial charge in [0.1, 0.15) is 11.5 Å². The van der Waals surface area contributed by atoms with Gasteiger partial charge >= 0.3 is 0 Å². The topological polar surface area (TPSA) is 44.8 Å². The second kappa shape index (κ2) is 5.23. The van der Waals surface area contributed by atoms with E-state index >= 15 is 0 Å². The number of methoxy groups -OCH3 is 3. The summed E-state index contributed by atoms with van der Waals surface area (Å²) in [6.07, 6.45) is 2.34. The third kappa shape index (κ3) is 2.24. The Morgan fingerprint density at radius 2 is 1.94 bits per heavy atom. The van der Waals surface area contributed by atoms with Gasteiger partial charge in [-0.3, -0.25) is 4.79 Å². The average Bonchev–Trinajstić information content (AvgIpc) is 2.37. The number of rotatable bonds is 4. The van der Waals surface area contributed by atoms with E-state index in [0.29, 0.717) is 30.1 Å². The lowest BCUT2D eigenvalue weighted by Gasteiger charge is -2.18.